The number of allylic oxidation sites excluding steroid dienone is 1. The number of nitrogens with zero attached hydrogens (tertiary/aromatic N) is 2. The summed E-state index contributed by atoms with van der Waals surface area (Å²) in [6, 6.07) is 8.13. The lowest BCUT2D eigenvalue weighted by Gasteiger charge is -2.11. The normalized spacial score (nSPS) is 10.9. The first-order chi connectivity index (χ1) is 6.63. The molecule has 0 bridgehead atoms. The second kappa shape index (κ2) is 4.48. The van der Waals surface area contributed by atoms with Crippen molar-refractivity contribution in [1.29, 1.82) is 0 Å². The molecular weight excluding hydrogens is 172 g/mol. The van der Waals surface area contributed by atoms with Gasteiger partial charge in [0.25, 0.3) is 0 Å². The minimum Gasteiger partial charge on any atom is -0.378 e. The van der Waals surface area contributed by atoms with E-state index in [0.717, 1.165) is 5.56 Å². The molecule has 0 fully saturated rings. The fraction of sp³-hybridized carbons (Fsp3) is 0.250. The van der Waals surface area contributed by atoms with Gasteiger partial charge >= 0.3 is 0 Å². The highest BCUT2D eigenvalue weighted by molar-refractivity contribution is 5.58. The molecule has 0 unspecified atom stereocenters. The maximum absolute atomic E-state index is 6.82. The molecule has 2 heteroatoms. The van der Waals surface area contributed by atoms with Crippen molar-refractivity contribution in [3.05, 3.63) is 46.9 Å². The molecule has 0 N–H and O–H groups in total. The van der Waals surface area contributed by atoms with Crippen LogP contribution in [-0.4, -0.2) is 14.1 Å². The third-order valence-electron chi connectivity index (χ3n) is 1.96. The van der Waals surface area contributed by atoms with E-state index in [1.54, 1.807) is 0 Å². The summed E-state index contributed by atoms with van der Waals surface area (Å²) in [5, 5.41) is 0. The van der Waals surface area contributed by atoms with Gasteiger partial charge in [0.05, 0.1) is 6.57 Å². The molecular formula is C12H14N2. The van der Waals surface area contributed by atoms with E-state index in [1.807, 2.05) is 51.4 Å². The Morgan fingerprint density at radius 1 is 1.29 bits per heavy atom. The van der Waals surface area contributed by atoms with Crippen LogP contribution in [0.25, 0.3) is 10.9 Å². The minimum atomic E-state index is 0.711. The average molecular weight is 186 g/mol. The summed E-state index contributed by atoms with van der Waals surface area (Å²) >= 11 is 0. The van der Waals surface area contributed by atoms with Crippen LogP contribution in [0.3, 0.4) is 0 Å². The zero-order chi connectivity index (χ0) is 10.6. The van der Waals surface area contributed by atoms with Gasteiger partial charge in [-0.3, -0.25) is 0 Å². The van der Waals surface area contributed by atoms with Crippen molar-refractivity contribution in [1.82, 2.24) is 0 Å². The Hall–Kier alpha value is -1.75. The first-order valence-electron chi connectivity index (χ1n) is 4.46. The highest BCUT2D eigenvalue weighted by Gasteiger charge is 1.94. The quantitative estimate of drug-likeness (QED) is 0.644. The molecule has 1 aromatic rings. The Labute approximate surface area is 85.3 Å². The maximum atomic E-state index is 6.82. The number of benzene rings is 1. The van der Waals surface area contributed by atoms with Crippen molar-refractivity contribution < 1.29 is 0 Å². The molecule has 2 nitrogen and oxygen atoms in total. The molecule has 0 radical (unpaired) electrons. The van der Waals surface area contributed by atoms with E-state index in [-0.39, 0.29) is 0 Å². The van der Waals surface area contributed by atoms with Crippen LogP contribution in [0.15, 0.2) is 30.0 Å². The molecule has 0 aliphatic carbocycles. The molecule has 14 heavy (non-hydrogen) atoms. The van der Waals surface area contributed by atoms with Crippen molar-refractivity contribution in [2.75, 3.05) is 19.0 Å². The van der Waals surface area contributed by atoms with Gasteiger partial charge in [-0.25, -0.2) is 4.85 Å². The predicted molar refractivity (Wildman–Crippen MR) is 61.0 cm³/mol. The van der Waals surface area contributed by atoms with E-state index in [0.29, 0.717) is 5.70 Å². The summed E-state index contributed by atoms with van der Waals surface area (Å²) < 4.78 is 0. The van der Waals surface area contributed by atoms with E-state index in [1.165, 1.54) is 5.69 Å². The first kappa shape index (κ1) is 10.3. The lowest BCUT2D eigenvalue weighted by Crippen LogP contribution is -2.07. The standard InChI is InChI=1S/C12H14N2/c1-10(13-2)9-11-5-7-12(8-6-11)14(3)4/h5-9H,1,3-4H3/b10-9+. The van der Waals surface area contributed by atoms with Gasteiger partial charge in [0.15, 0.2) is 5.70 Å². The molecule has 0 heterocycles. The van der Waals surface area contributed by atoms with Crippen LogP contribution in [0, 0.1) is 6.57 Å². The van der Waals surface area contributed by atoms with Crippen LogP contribution < -0.4 is 4.90 Å². The lowest BCUT2D eigenvalue weighted by atomic mass is 10.2. The van der Waals surface area contributed by atoms with Crippen LogP contribution >= 0.6 is 0 Å². The third-order valence-corrected chi connectivity index (χ3v) is 1.96. The smallest absolute Gasteiger partial charge is 0.163 e. The van der Waals surface area contributed by atoms with Crippen molar-refractivity contribution >= 4 is 11.8 Å². The number of rotatable bonds is 2. The summed E-state index contributed by atoms with van der Waals surface area (Å²) in [6.07, 6.45) is 1.88. The van der Waals surface area contributed by atoms with Gasteiger partial charge in [-0.05, 0) is 24.6 Å². The largest absolute Gasteiger partial charge is 0.378 e. The summed E-state index contributed by atoms with van der Waals surface area (Å²) in [5.41, 5.74) is 2.95. The van der Waals surface area contributed by atoms with Gasteiger partial charge < -0.3 is 4.90 Å². The fourth-order valence-corrected chi connectivity index (χ4v) is 1.14. The molecule has 0 amide bonds. The molecule has 0 aliphatic heterocycles. The number of anilines is 1. The van der Waals surface area contributed by atoms with Crippen molar-refractivity contribution in [3.8, 4) is 0 Å². The second-order valence-electron chi connectivity index (χ2n) is 3.38. The Balaban J connectivity index is 2.90. The van der Waals surface area contributed by atoms with Crippen LogP contribution in [-0.2, 0) is 0 Å². The van der Waals surface area contributed by atoms with Gasteiger partial charge in [-0.2, -0.15) is 0 Å². The zero-order valence-corrected chi connectivity index (χ0v) is 8.78. The first-order valence-corrected chi connectivity index (χ1v) is 4.46. The predicted octanol–water partition coefficient (Wildman–Crippen LogP) is 3.03. The molecule has 72 valence electrons. The van der Waals surface area contributed by atoms with E-state index in [9.17, 15) is 0 Å². The SMILES string of the molecule is [C-]#[N+]/C(C)=C/c1ccc(N(C)C)cc1. The highest BCUT2D eigenvalue weighted by Crippen LogP contribution is 2.14. The van der Waals surface area contributed by atoms with E-state index in [4.69, 9.17) is 6.57 Å². The summed E-state index contributed by atoms with van der Waals surface area (Å²) in [5.74, 6) is 0. The molecule has 0 saturated carbocycles. The van der Waals surface area contributed by atoms with Gasteiger partial charge in [0.2, 0.25) is 0 Å². The molecule has 0 spiro atoms. The second-order valence-corrected chi connectivity index (χ2v) is 3.38. The van der Waals surface area contributed by atoms with Gasteiger partial charge in [0, 0.05) is 19.8 Å². The van der Waals surface area contributed by atoms with Crippen molar-refractivity contribution in [2.24, 2.45) is 0 Å². The lowest BCUT2D eigenvalue weighted by molar-refractivity contribution is 1.13. The van der Waals surface area contributed by atoms with Crippen LogP contribution in [0.4, 0.5) is 5.69 Å². The van der Waals surface area contributed by atoms with Gasteiger partial charge in [-0.1, -0.05) is 18.2 Å². The zero-order valence-electron chi connectivity index (χ0n) is 8.78. The van der Waals surface area contributed by atoms with Crippen molar-refractivity contribution in [2.45, 2.75) is 6.92 Å². The average Bonchev–Trinajstić information content (AvgIpc) is 2.18. The molecule has 1 aromatic carbocycles. The topological polar surface area (TPSA) is 7.60 Å². The third kappa shape index (κ3) is 2.63. The Kier molecular flexibility index (Phi) is 3.30. The van der Waals surface area contributed by atoms with E-state index in [2.05, 4.69) is 9.74 Å². The Bertz CT molecular complexity index is 366. The molecule has 0 atom stereocenters. The van der Waals surface area contributed by atoms with E-state index >= 15 is 0 Å². The summed E-state index contributed by atoms with van der Waals surface area (Å²) in [4.78, 5) is 5.39. The highest BCUT2D eigenvalue weighted by atomic mass is 15.1. The fourth-order valence-electron chi connectivity index (χ4n) is 1.14. The summed E-state index contributed by atoms with van der Waals surface area (Å²) in [7, 11) is 4.02. The van der Waals surface area contributed by atoms with Crippen LogP contribution in [0.2, 0.25) is 0 Å². The van der Waals surface area contributed by atoms with Crippen LogP contribution in [0.1, 0.15) is 12.5 Å². The van der Waals surface area contributed by atoms with Gasteiger partial charge in [0.1, 0.15) is 0 Å². The Morgan fingerprint density at radius 2 is 1.86 bits per heavy atom. The minimum absolute atomic E-state index is 0.711. The molecule has 1 rings (SSSR count). The molecule has 0 aromatic heterocycles. The van der Waals surface area contributed by atoms with Crippen molar-refractivity contribution in [3.63, 3.8) is 0 Å². The number of hydrogen-bond acceptors (Lipinski definition) is 1. The molecule has 0 saturated heterocycles. The monoisotopic (exact) mass is 186 g/mol. The Morgan fingerprint density at radius 3 is 2.29 bits per heavy atom. The number of hydrogen-bond donors (Lipinski definition) is 0. The van der Waals surface area contributed by atoms with Crippen LogP contribution in [0.5, 0.6) is 0 Å². The molecule has 0 aliphatic rings. The summed E-state index contributed by atoms with van der Waals surface area (Å²) in [6.45, 7) is 8.63. The maximum Gasteiger partial charge on any atom is 0.163 e. The van der Waals surface area contributed by atoms with Gasteiger partial charge in [-0.15, -0.1) is 0 Å². The van der Waals surface area contributed by atoms with E-state index < -0.39 is 0 Å².